The molecule has 1 aliphatic heterocycles. The van der Waals surface area contributed by atoms with E-state index in [4.69, 9.17) is 28.8 Å². The summed E-state index contributed by atoms with van der Waals surface area (Å²) in [7, 11) is 2.43. The summed E-state index contributed by atoms with van der Waals surface area (Å²) in [4.78, 5) is 70.4. The number of nitrogens with one attached hydrogen (secondary N) is 5. The van der Waals surface area contributed by atoms with Crippen LogP contribution in [-0.4, -0.2) is 148 Å². The van der Waals surface area contributed by atoms with Gasteiger partial charge in [-0.05, 0) is 32.1 Å². The fourth-order valence-corrected chi connectivity index (χ4v) is 6.44. The van der Waals surface area contributed by atoms with Crippen LogP contribution in [0.2, 0.25) is 0 Å². The van der Waals surface area contributed by atoms with E-state index in [1.54, 1.807) is 0 Å². The summed E-state index contributed by atoms with van der Waals surface area (Å²) in [6, 6.07) is -1.08. The molecule has 4 amide bonds. The molecule has 0 aliphatic carbocycles. The Morgan fingerprint density at radius 1 is 0.533 bits per heavy atom. The van der Waals surface area contributed by atoms with Crippen molar-refractivity contribution in [2.45, 2.75) is 146 Å². The first-order valence-corrected chi connectivity index (χ1v) is 22.3. The molecule has 1 heterocycles. The van der Waals surface area contributed by atoms with E-state index in [0.717, 1.165) is 70.6 Å². The molecule has 60 heavy (non-hydrogen) atoms. The SMILES string of the molecule is O=C(O)CCCCCCCCCCCCCCC(=O)N[C@@H](CCC(=O)NCCOCCOCC(=O)NCCOCCOCC(=O)NCCCC[C@H](NP)C1OC1O)C(=O)O. The summed E-state index contributed by atoms with van der Waals surface area (Å²) in [5.74, 6) is -3.14. The third kappa shape index (κ3) is 33.7. The van der Waals surface area contributed by atoms with Gasteiger partial charge in [0.2, 0.25) is 23.6 Å². The van der Waals surface area contributed by atoms with Crippen molar-refractivity contribution >= 4 is 45.0 Å². The van der Waals surface area contributed by atoms with E-state index in [2.05, 4.69) is 35.7 Å². The van der Waals surface area contributed by atoms with Gasteiger partial charge in [-0.2, -0.15) is 0 Å². The van der Waals surface area contributed by atoms with E-state index in [9.17, 15) is 39.0 Å². The highest BCUT2D eigenvalue weighted by molar-refractivity contribution is 7.13. The Morgan fingerprint density at radius 2 is 1.00 bits per heavy atom. The maximum Gasteiger partial charge on any atom is 0.326 e. The van der Waals surface area contributed by atoms with Crippen LogP contribution >= 0.6 is 9.39 Å². The molecule has 0 aromatic carbocycles. The molecule has 1 aliphatic rings. The first-order chi connectivity index (χ1) is 29.0. The van der Waals surface area contributed by atoms with Crippen molar-refractivity contribution in [2.75, 3.05) is 72.5 Å². The number of rotatable bonds is 43. The Balaban J connectivity index is 1.89. The number of aliphatic hydroxyl groups is 1. The summed E-state index contributed by atoms with van der Waals surface area (Å²) < 4.78 is 26.4. The average molecular weight is 880 g/mol. The first kappa shape index (κ1) is 55.0. The molecule has 1 saturated heterocycles. The van der Waals surface area contributed by atoms with Gasteiger partial charge in [-0.1, -0.05) is 80.0 Å². The molecule has 3 unspecified atom stereocenters. The molecule has 1 rings (SSSR count). The van der Waals surface area contributed by atoms with E-state index < -0.39 is 24.3 Å². The zero-order valence-corrected chi connectivity index (χ0v) is 36.6. The Hall–Kier alpha value is -3.03. The van der Waals surface area contributed by atoms with Crippen molar-refractivity contribution in [1.29, 1.82) is 0 Å². The van der Waals surface area contributed by atoms with Crippen LogP contribution in [0, 0.1) is 0 Å². The van der Waals surface area contributed by atoms with E-state index in [0.29, 0.717) is 13.0 Å². The number of amides is 4. The minimum absolute atomic E-state index is 0.0302. The van der Waals surface area contributed by atoms with Crippen LogP contribution < -0.4 is 26.4 Å². The number of epoxide rings is 1. The van der Waals surface area contributed by atoms with Gasteiger partial charge in [0.15, 0.2) is 6.29 Å². The first-order valence-electron chi connectivity index (χ1n) is 21.7. The van der Waals surface area contributed by atoms with Crippen LogP contribution in [0.4, 0.5) is 0 Å². The summed E-state index contributed by atoms with van der Waals surface area (Å²) in [6.07, 6.45) is 14.3. The molecule has 0 aromatic heterocycles. The monoisotopic (exact) mass is 879 g/mol. The Labute approximate surface area is 357 Å². The Bertz CT molecular complexity index is 1190. The van der Waals surface area contributed by atoms with Crippen LogP contribution in [0.3, 0.4) is 0 Å². The van der Waals surface area contributed by atoms with Gasteiger partial charge in [0.25, 0.3) is 0 Å². The normalized spacial score (nSPS) is 15.5. The average Bonchev–Trinajstić information content (AvgIpc) is 3.95. The highest BCUT2D eigenvalue weighted by Gasteiger charge is 2.42. The number of carbonyl (C=O) groups excluding carboxylic acids is 4. The van der Waals surface area contributed by atoms with Crippen LogP contribution in [0.15, 0.2) is 0 Å². The molecular formula is C40H74N5O14P. The van der Waals surface area contributed by atoms with Crippen LogP contribution in [-0.2, 0) is 52.5 Å². The maximum absolute atomic E-state index is 12.3. The molecule has 5 atom stereocenters. The lowest BCUT2D eigenvalue weighted by Crippen LogP contribution is -2.41. The molecule has 20 heteroatoms. The lowest BCUT2D eigenvalue weighted by Gasteiger charge is -2.14. The summed E-state index contributed by atoms with van der Waals surface area (Å²) in [6.45, 7) is 2.13. The number of carboxylic acid groups (broad SMARTS) is 2. The Kier molecular flexibility index (Phi) is 34.6. The molecule has 0 bridgehead atoms. The number of carbonyl (C=O) groups is 6. The molecular weight excluding hydrogens is 805 g/mol. The standard InChI is InChI=1S/C40H74N5O14P/c46-33(19-18-32(39(52)53)44-34(47)16-11-9-7-5-3-1-2-4-6-8-10-12-17-37(50)51)42-21-23-55-25-28-58-30-36(49)43-22-24-56-26-27-57-29-35(48)41-20-14-13-15-31(45-60)38-40(54)59-38/h31-32,38,40,45,54H,1-30,60H2,(H,41,48)(H,42,46)(H,43,49)(H,44,47)(H,50,51)(H,52,53)/t31-,32-,38?,40?/m0/s1. The highest BCUT2D eigenvalue weighted by Crippen LogP contribution is 2.26. The predicted octanol–water partition coefficient (Wildman–Crippen LogP) is 1.93. The molecule has 348 valence electrons. The second-order valence-electron chi connectivity index (χ2n) is 14.8. The van der Waals surface area contributed by atoms with E-state index in [1.165, 1.54) is 19.3 Å². The van der Waals surface area contributed by atoms with Crippen molar-refractivity contribution in [2.24, 2.45) is 0 Å². The molecule has 8 N–H and O–H groups in total. The van der Waals surface area contributed by atoms with Crippen LogP contribution in [0.1, 0.15) is 122 Å². The molecule has 1 fully saturated rings. The zero-order valence-electron chi connectivity index (χ0n) is 35.4. The van der Waals surface area contributed by atoms with Gasteiger partial charge in [-0.25, -0.2) is 4.79 Å². The number of aliphatic carboxylic acids is 2. The molecule has 0 aromatic rings. The number of carboxylic acids is 2. The fourth-order valence-electron chi connectivity index (χ4n) is 6.08. The van der Waals surface area contributed by atoms with Crippen molar-refractivity contribution < 1.29 is 67.8 Å². The zero-order chi connectivity index (χ0) is 44.1. The van der Waals surface area contributed by atoms with Gasteiger partial charge in [0.05, 0.1) is 39.6 Å². The highest BCUT2D eigenvalue weighted by atomic mass is 31.0. The van der Waals surface area contributed by atoms with Gasteiger partial charge >= 0.3 is 11.9 Å². The smallest absolute Gasteiger partial charge is 0.326 e. The van der Waals surface area contributed by atoms with Gasteiger partial charge in [0, 0.05) is 44.9 Å². The van der Waals surface area contributed by atoms with E-state index >= 15 is 0 Å². The fraction of sp³-hybridized carbons (Fsp3) is 0.850. The second kappa shape index (κ2) is 37.7. The lowest BCUT2D eigenvalue weighted by molar-refractivity contribution is -0.142. The summed E-state index contributed by atoms with van der Waals surface area (Å²) in [5, 5.41) is 41.2. The molecule has 0 saturated carbocycles. The topological polar surface area (TPSA) is 273 Å². The van der Waals surface area contributed by atoms with Gasteiger partial charge in [-0.15, -0.1) is 0 Å². The lowest BCUT2D eigenvalue weighted by atomic mass is 10.0. The number of hydrogen-bond donors (Lipinski definition) is 8. The third-order valence-electron chi connectivity index (χ3n) is 9.56. The number of ether oxygens (including phenoxy) is 5. The maximum atomic E-state index is 12.3. The minimum Gasteiger partial charge on any atom is -0.481 e. The number of unbranched alkanes of at least 4 members (excludes halogenated alkanes) is 12. The third-order valence-corrected chi connectivity index (χ3v) is 9.99. The van der Waals surface area contributed by atoms with Crippen LogP contribution in [0.25, 0.3) is 0 Å². The quantitative estimate of drug-likeness (QED) is 0.0247. The van der Waals surface area contributed by atoms with Crippen molar-refractivity contribution in [3.8, 4) is 0 Å². The van der Waals surface area contributed by atoms with Crippen molar-refractivity contribution in [3.63, 3.8) is 0 Å². The van der Waals surface area contributed by atoms with Crippen molar-refractivity contribution in [1.82, 2.24) is 26.4 Å². The van der Waals surface area contributed by atoms with E-state index in [1.807, 2.05) is 0 Å². The minimum atomic E-state index is -1.19. The number of hydrogen-bond acceptors (Lipinski definition) is 13. The number of aliphatic hydroxyl groups excluding tert-OH is 1. The largest absolute Gasteiger partial charge is 0.481 e. The Morgan fingerprint density at radius 3 is 1.48 bits per heavy atom. The second-order valence-corrected chi connectivity index (χ2v) is 15.1. The van der Waals surface area contributed by atoms with E-state index in [-0.39, 0.29) is 127 Å². The van der Waals surface area contributed by atoms with Gasteiger partial charge in [0.1, 0.15) is 25.4 Å². The molecule has 0 spiro atoms. The summed E-state index contributed by atoms with van der Waals surface area (Å²) in [5.41, 5.74) is 0. The molecule has 0 radical (unpaired) electrons. The van der Waals surface area contributed by atoms with Crippen molar-refractivity contribution in [3.05, 3.63) is 0 Å². The summed E-state index contributed by atoms with van der Waals surface area (Å²) >= 11 is 0. The van der Waals surface area contributed by atoms with Crippen LogP contribution in [0.5, 0.6) is 0 Å². The van der Waals surface area contributed by atoms with Gasteiger partial charge in [-0.3, -0.25) is 29.1 Å². The van der Waals surface area contributed by atoms with Gasteiger partial charge < -0.3 is 60.3 Å². The molecule has 19 nitrogen and oxygen atoms in total. The predicted molar refractivity (Wildman–Crippen MR) is 225 cm³/mol.